The van der Waals surface area contributed by atoms with Gasteiger partial charge in [-0.05, 0) is 61.0 Å². The van der Waals surface area contributed by atoms with Gasteiger partial charge in [0, 0.05) is 5.69 Å². The molecule has 0 saturated heterocycles. The number of hydrogen-bond acceptors (Lipinski definition) is 4. The van der Waals surface area contributed by atoms with E-state index in [4.69, 9.17) is 14.5 Å². The molecule has 0 aliphatic carbocycles. The monoisotopic (exact) mass is 401 g/mol. The van der Waals surface area contributed by atoms with Crippen LogP contribution in [-0.2, 0) is 6.54 Å². The van der Waals surface area contributed by atoms with E-state index in [2.05, 4.69) is 16.0 Å². The number of para-hydroxylation sites is 1. The van der Waals surface area contributed by atoms with Crippen LogP contribution in [0.2, 0.25) is 0 Å². The lowest BCUT2D eigenvalue weighted by molar-refractivity contribution is 0.0946. The Kier molecular flexibility index (Phi) is 5.39. The number of carbonyl (C=O) groups excluding carboxylic acids is 1. The Hall–Kier alpha value is -3.80. The molecule has 4 aromatic rings. The molecule has 1 amide bonds. The minimum Gasteiger partial charge on any atom is -0.497 e. The molecule has 0 radical (unpaired) electrons. The zero-order chi connectivity index (χ0) is 21.1. The number of ether oxygens (including phenoxy) is 2. The molecule has 0 atom stereocenters. The maximum absolute atomic E-state index is 12.8. The predicted octanol–water partition coefficient (Wildman–Crippen LogP) is 4.28. The van der Waals surface area contributed by atoms with E-state index in [1.54, 1.807) is 26.4 Å². The summed E-state index contributed by atoms with van der Waals surface area (Å²) in [6.07, 6.45) is 0. The Morgan fingerprint density at radius 1 is 1.00 bits per heavy atom. The van der Waals surface area contributed by atoms with Crippen molar-refractivity contribution in [3.63, 3.8) is 0 Å². The van der Waals surface area contributed by atoms with Gasteiger partial charge in [-0.2, -0.15) is 0 Å². The molecule has 6 nitrogen and oxygen atoms in total. The van der Waals surface area contributed by atoms with Crippen LogP contribution in [0.25, 0.3) is 16.7 Å². The molecular formula is C24H23N3O3. The molecule has 6 heteroatoms. The lowest BCUT2D eigenvalue weighted by atomic mass is 10.2. The highest BCUT2D eigenvalue weighted by Crippen LogP contribution is 2.24. The Morgan fingerprint density at radius 3 is 2.50 bits per heavy atom. The van der Waals surface area contributed by atoms with Gasteiger partial charge < -0.3 is 14.8 Å². The van der Waals surface area contributed by atoms with Crippen LogP contribution in [-0.4, -0.2) is 29.7 Å². The first-order valence-corrected chi connectivity index (χ1v) is 9.64. The average molecular weight is 401 g/mol. The van der Waals surface area contributed by atoms with Crippen molar-refractivity contribution in [3.05, 3.63) is 83.7 Å². The number of rotatable bonds is 6. The van der Waals surface area contributed by atoms with Gasteiger partial charge in [0.05, 0.1) is 37.4 Å². The molecule has 0 unspecified atom stereocenters. The maximum Gasteiger partial charge on any atom is 0.255 e. The summed E-state index contributed by atoms with van der Waals surface area (Å²) < 4.78 is 12.6. The van der Waals surface area contributed by atoms with Crippen molar-refractivity contribution < 1.29 is 14.3 Å². The largest absolute Gasteiger partial charge is 0.497 e. The Bertz CT molecular complexity index is 1200. The summed E-state index contributed by atoms with van der Waals surface area (Å²) in [5, 5.41) is 2.97. The maximum atomic E-state index is 12.8. The number of nitrogens with zero attached hydrogens (tertiary/aromatic N) is 2. The van der Waals surface area contributed by atoms with Crippen LogP contribution < -0.4 is 14.8 Å². The van der Waals surface area contributed by atoms with Crippen LogP contribution in [0.1, 0.15) is 21.7 Å². The van der Waals surface area contributed by atoms with E-state index in [-0.39, 0.29) is 12.5 Å². The molecule has 1 N–H and O–H groups in total. The predicted molar refractivity (Wildman–Crippen MR) is 117 cm³/mol. The number of methoxy groups -OCH3 is 2. The molecule has 30 heavy (non-hydrogen) atoms. The van der Waals surface area contributed by atoms with Gasteiger partial charge >= 0.3 is 0 Å². The second-order valence-electron chi connectivity index (χ2n) is 6.94. The standard InChI is InChI=1S/C24H23N3O3/c1-16-8-13-21-20(14-16)26-23(27(21)17-9-11-18(29-2)12-10-17)15-25-24(28)19-6-4-5-7-22(19)30-3/h4-14H,15H2,1-3H3,(H,25,28). The second-order valence-corrected chi connectivity index (χ2v) is 6.94. The first kappa shape index (κ1) is 19.5. The molecule has 0 saturated carbocycles. The summed E-state index contributed by atoms with van der Waals surface area (Å²) in [5.41, 5.74) is 4.43. The van der Waals surface area contributed by atoms with Crippen LogP contribution in [0.15, 0.2) is 66.7 Å². The van der Waals surface area contributed by atoms with Crippen molar-refractivity contribution >= 4 is 16.9 Å². The van der Waals surface area contributed by atoms with E-state index in [0.717, 1.165) is 33.9 Å². The second kappa shape index (κ2) is 8.29. The van der Waals surface area contributed by atoms with Gasteiger partial charge in [-0.1, -0.05) is 18.2 Å². The molecule has 152 valence electrons. The normalized spacial score (nSPS) is 10.8. The topological polar surface area (TPSA) is 65.4 Å². The third-order valence-corrected chi connectivity index (χ3v) is 4.97. The Labute approximate surface area is 175 Å². The third kappa shape index (κ3) is 3.72. The van der Waals surface area contributed by atoms with Gasteiger partial charge in [0.2, 0.25) is 0 Å². The number of amides is 1. The fourth-order valence-electron chi connectivity index (χ4n) is 3.46. The van der Waals surface area contributed by atoms with E-state index in [0.29, 0.717) is 11.3 Å². The third-order valence-electron chi connectivity index (χ3n) is 4.97. The zero-order valence-electron chi connectivity index (χ0n) is 17.2. The van der Waals surface area contributed by atoms with E-state index in [1.165, 1.54) is 0 Å². The number of aromatic nitrogens is 2. The number of hydrogen-bond donors (Lipinski definition) is 1. The fourth-order valence-corrected chi connectivity index (χ4v) is 3.46. The summed E-state index contributed by atoms with van der Waals surface area (Å²) in [6.45, 7) is 2.31. The SMILES string of the molecule is COc1ccc(-n2c(CNC(=O)c3ccccc3OC)nc3cc(C)ccc32)cc1. The summed E-state index contributed by atoms with van der Waals surface area (Å²) in [5.74, 6) is 1.85. The van der Waals surface area contributed by atoms with E-state index < -0.39 is 0 Å². The summed E-state index contributed by atoms with van der Waals surface area (Å²) in [7, 11) is 3.20. The summed E-state index contributed by atoms with van der Waals surface area (Å²) in [4.78, 5) is 17.5. The van der Waals surface area contributed by atoms with Crippen molar-refractivity contribution in [1.82, 2.24) is 14.9 Å². The van der Waals surface area contributed by atoms with Crippen molar-refractivity contribution in [2.24, 2.45) is 0 Å². The lowest BCUT2D eigenvalue weighted by Crippen LogP contribution is -2.25. The van der Waals surface area contributed by atoms with Gasteiger partial charge in [-0.25, -0.2) is 4.98 Å². The number of fused-ring (bicyclic) bond motifs is 1. The van der Waals surface area contributed by atoms with Crippen molar-refractivity contribution in [2.75, 3.05) is 14.2 Å². The molecule has 1 heterocycles. The van der Waals surface area contributed by atoms with E-state index >= 15 is 0 Å². The van der Waals surface area contributed by atoms with Gasteiger partial charge in [-0.3, -0.25) is 9.36 Å². The van der Waals surface area contributed by atoms with Crippen LogP contribution in [0, 0.1) is 6.92 Å². The molecule has 0 bridgehead atoms. The van der Waals surface area contributed by atoms with Crippen LogP contribution in [0.4, 0.5) is 0 Å². The number of imidazole rings is 1. The Morgan fingerprint density at radius 2 is 1.77 bits per heavy atom. The van der Waals surface area contributed by atoms with E-state index in [1.807, 2.05) is 55.5 Å². The minimum atomic E-state index is -0.211. The molecular weight excluding hydrogens is 378 g/mol. The number of carbonyl (C=O) groups is 1. The van der Waals surface area contributed by atoms with Crippen LogP contribution in [0.3, 0.4) is 0 Å². The zero-order valence-corrected chi connectivity index (χ0v) is 17.2. The Balaban J connectivity index is 1.70. The number of aryl methyl sites for hydroxylation is 1. The highest BCUT2D eigenvalue weighted by Gasteiger charge is 2.16. The molecule has 4 rings (SSSR count). The molecule has 1 aromatic heterocycles. The molecule has 0 spiro atoms. The molecule has 0 aliphatic heterocycles. The van der Waals surface area contributed by atoms with Gasteiger partial charge in [0.1, 0.15) is 17.3 Å². The number of benzene rings is 3. The average Bonchev–Trinajstić information content (AvgIpc) is 3.14. The van der Waals surface area contributed by atoms with E-state index in [9.17, 15) is 4.79 Å². The van der Waals surface area contributed by atoms with Crippen molar-refractivity contribution in [3.8, 4) is 17.2 Å². The molecule has 3 aromatic carbocycles. The lowest BCUT2D eigenvalue weighted by Gasteiger charge is -2.12. The van der Waals surface area contributed by atoms with Crippen molar-refractivity contribution in [2.45, 2.75) is 13.5 Å². The van der Waals surface area contributed by atoms with Crippen LogP contribution in [0.5, 0.6) is 11.5 Å². The summed E-state index contributed by atoms with van der Waals surface area (Å²) in [6, 6.07) is 21.1. The van der Waals surface area contributed by atoms with Crippen molar-refractivity contribution in [1.29, 1.82) is 0 Å². The van der Waals surface area contributed by atoms with Gasteiger partial charge in [0.15, 0.2) is 0 Å². The first-order valence-electron chi connectivity index (χ1n) is 9.64. The minimum absolute atomic E-state index is 0.211. The van der Waals surface area contributed by atoms with Crippen LogP contribution >= 0.6 is 0 Å². The highest BCUT2D eigenvalue weighted by atomic mass is 16.5. The highest BCUT2D eigenvalue weighted by molar-refractivity contribution is 5.96. The number of nitrogens with one attached hydrogen (secondary N) is 1. The smallest absolute Gasteiger partial charge is 0.255 e. The fraction of sp³-hybridized carbons (Fsp3) is 0.167. The summed E-state index contributed by atoms with van der Waals surface area (Å²) >= 11 is 0. The van der Waals surface area contributed by atoms with Gasteiger partial charge in [-0.15, -0.1) is 0 Å². The first-order chi connectivity index (χ1) is 14.6. The quantitative estimate of drug-likeness (QED) is 0.524. The molecule has 0 fully saturated rings. The molecule has 0 aliphatic rings. The van der Waals surface area contributed by atoms with Gasteiger partial charge in [0.25, 0.3) is 5.91 Å².